The predicted molar refractivity (Wildman–Crippen MR) is 71.5 cm³/mol. The van der Waals surface area contributed by atoms with E-state index >= 15 is 0 Å². The first-order valence-corrected chi connectivity index (χ1v) is 6.44. The Morgan fingerprint density at radius 1 is 1.41 bits per heavy atom. The summed E-state index contributed by atoms with van der Waals surface area (Å²) in [4.78, 5) is 5.72. The fourth-order valence-corrected chi connectivity index (χ4v) is 2.54. The second kappa shape index (κ2) is 5.80. The molecule has 2 N–H and O–H groups in total. The van der Waals surface area contributed by atoms with Gasteiger partial charge in [0.2, 0.25) is 0 Å². The van der Waals surface area contributed by atoms with Gasteiger partial charge in [-0.05, 0) is 31.5 Å². The van der Waals surface area contributed by atoms with Gasteiger partial charge in [-0.25, -0.2) is 4.98 Å². The van der Waals surface area contributed by atoms with Crippen LogP contribution in [-0.4, -0.2) is 18.6 Å². The van der Waals surface area contributed by atoms with Crippen LogP contribution >= 0.6 is 11.3 Å². The van der Waals surface area contributed by atoms with Crippen LogP contribution in [0.1, 0.15) is 11.3 Å². The highest BCUT2D eigenvalue weighted by molar-refractivity contribution is 7.15. The lowest BCUT2D eigenvalue weighted by Gasteiger charge is -2.01. The number of nitrogens with zero attached hydrogens (tertiary/aromatic N) is 1. The molecule has 0 aliphatic carbocycles. The van der Waals surface area contributed by atoms with E-state index in [2.05, 4.69) is 4.98 Å². The van der Waals surface area contributed by atoms with Crippen LogP contribution in [0.4, 0.5) is 0 Å². The van der Waals surface area contributed by atoms with Crippen molar-refractivity contribution in [1.82, 2.24) is 4.98 Å². The summed E-state index contributed by atoms with van der Waals surface area (Å²) >= 11 is 1.72. The molecule has 2 rings (SSSR count). The molecule has 0 aliphatic heterocycles. The molecular weight excluding hydrogens is 232 g/mol. The fraction of sp³-hybridized carbons (Fsp3) is 0.308. The summed E-state index contributed by atoms with van der Waals surface area (Å²) in [5.41, 5.74) is 6.60. The maximum absolute atomic E-state index is 5.50. The Morgan fingerprint density at radius 2 is 2.29 bits per heavy atom. The molecule has 1 aromatic carbocycles. The molecule has 0 spiro atoms. The zero-order chi connectivity index (χ0) is 12.1. The van der Waals surface area contributed by atoms with E-state index in [-0.39, 0.29) is 0 Å². The van der Waals surface area contributed by atoms with Crippen LogP contribution in [-0.2, 0) is 6.42 Å². The third kappa shape index (κ3) is 3.05. The number of hydrogen-bond acceptors (Lipinski definition) is 4. The first-order valence-electron chi connectivity index (χ1n) is 5.62. The predicted octanol–water partition coefficient (Wildman–Crippen LogP) is 2.71. The number of aromatic nitrogens is 1. The Labute approximate surface area is 105 Å². The maximum Gasteiger partial charge on any atom is 0.123 e. The Bertz CT molecular complexity index is 482. The summed E-state index contributed by atoms with van der Waals surface area (Å²) < 4.78 is 5.21. The van der Waals surface area contributed by atoms with Crippen LogP contribution < -0.4 is 10.5 Å². The average molecular weight is 248 g/mol. The Morgan fingerprint density at radius 3 is 3.06 bits per heavy atom. The third-order valence-electron chi connectivity index (χ3n) is 2.50. The van der Waals surface area contributed by atoms with E-state index in [1.165, 1.54) is 4.88 Å². The van der Waals surface area contributed by atoms with E-state index in [9.17, 15) is 0 Å². The monoisotopic (exact) mass is 248 g/mol. The molecule has 0 unspecified atom stereocenters. The van der Waals surface area contributed by atoms with E-state index in [0.717, 1.165) is 35.7 Å². The smallest absolute Gasteiger partial charge is 0.123 e. The molecule has 2 aromatic rings. The molecule has 1 aromatic heterocycles. The number of aryl methyl sites for hydroxylation is 1. The highest BCUT2D eigenvalue weighted by Gasteiger charge is 2.05. The van der Waals surface area contributed by atoms with Gasteiger partial charge in [-0.2, -0.15) is 0 Å². The average Bonchev–Trinajstić information content (AvgIpc) is 2.85. The van der Waals surface area contributed by atoms with Gasteiger partial charge in [-0.3, -0.25) is 0 Å². The number of rotatable bonds is 5. The van der Waals surface area contributed by atoms with Gasteiger partial charge in [0.05, 0.1) is 7.11 Å². The first kappa shape index (κ1) is 12.1. The van der Waals surface area contributed by atoms with Crippen molar-refractivity contribution >= 4 is 11.3 Å². The lowest BCUT2D eigenvalue weighted by Crippen LogP contribution is -1.99. The normalized spacial score (nSPS) is 10.5. The minimum atomic E-state index is 0.729. The Hall–Kier alpha value is -1.39. The second-order valence-corrected chi connectivity index (χ2v) is 4.87. The Balaban J connectivity index is 2.18. The van der Waals surface area contributed by atoms with Gasteiger partial charge in [0.15, 0.2) is 0 Å². The molecule has 0 atom stereocenters. The third-order valence-corrected chi connectivity index (χ3v) is 3.60. The fourth-order valence-electron chi connectivity index (χ4n) is 1.59. The summed E-state index contributed by atoms with van der Waals surface area (Å²) in [7, 11) is 1.67. The minimum absolute atomic E-state index is 0.729. The number of nitrogens with two attached hydrogens (primary N) is 1. The van der Waals surface area contributed by atoms with Crippen molar-refractivity contribution in [1.29, 1.82) is 0 Å². The van der Waals surface area contributed by atoms with Crippen molar-refractivity contribution < 1.29 is 4.74 Å². The molecule has 0 bridgehead atoms. The lowest BCUT2D eigenvalue weighted by atomic mass is 10.2. The number of thiazole rings is 1. The van der Waals surface area contributed by atoms with Gasteiger partial charge < -0.3 is 10.5 Å². The minimum Gasteiger partial charge on any atom is -0.497 e. The quantitative estimate of drug-likeness (QED) is 0.885. The molecule has 17 heavy (non-hydrogen) atoms. The number of benzene rings is 1. The van der Waals surface area contributed by atoms with Gasteiger partial charge in [0, 0.05) is 16.6 Å². The topological polar surface area (TPSA) is 48.1 Å². The van der Waals surface area contributed by atoms with E-state index in [1.54, 1.807) is 18.4 Å². The van der Waals surface area contributed by atoms with Crippen molar-refractivity contribution in [2.75, 3.05) is 13.7 Å². The summed E-state index contributed by atoms with van der Waals surface area (Å²) in [6, 6.07) is 7.97. The zero-order valence-electron chi connectivity index (χ0n) is 9.85. The molecular formula is C13H16N2OS. The van der Waals surface area contributed by atoms with Crippen LogP contribution in [0, 0.1) is 0 Å². The summed E-state index contributed by atoms with van der Waals surface area (Å²) in [6.45, 7) is 0.729. The molecule has 0 radical (unpaired) electrons. The number of hydrogen-bond donors (Lipinski definition) is 1. The van der Waals surface area contributed by atoms with E-state index in [0.29, 0.717) is 0 Å². The summed E-state index contributed by atoms with van der Waals surface area (Å²) in [5.74, 6) is 0.862. The van der Waals surface area contributed by atoms with Gasteiger partial charge in [0.25, 0.3) is 0 Å². The second-order valence-electron chi connectivity index (χ2n) is 3.76. The van der Waals surface area contributed by atoms with E-state index < -0.39 is 0 Å². The van der Waals surface area contributed by atoms with Gasteiger partial charge in [0.1, 0.15) is 10.8 Å². The van der Waals surface area contributed by atoms with Crippen LogP contribution in [0.15, 0.2) is 30.5 Å². The molecule has 0 saturated carbocycles. The SMILES string of the molecule is COc1cccc(-c2ncc(CCCN)s2)c1. The summed E-state index contributed by atoms with van der Waals surface area (Å²) in [5, 5.41) is 1.04. The van der Waals surface area contributed by atoms with Crippen molar-refractivity contribution in [2.45, 2.75) is 12.8 Å². The van der Waals surface area contributed by atoms with Crippen molar-refractivity contribution in [3.05, 3.63) is 35.3 Å². The molecule has 90 valence electrons. The standard InChI is InChI=1S/C13H16N2OS/c1-16-11-5-2-4-10(8-11)13-15-9-12(17-13)6-3-7-14/h2,4-5,8-9H,3,6-7,14H2,1H3. The van der Waals surface area contributed by atoms with Gasteiger partial charge in [-0.15, -0.1) is 11.3 Å². The molecule has 0 fully saturated rings. The largest absolute Gasteiger partial charge is 0.497 e. The molecule has 0 amide bonds. The molecule has 4 heteroatoms. The first-order chi connectivity index (χ1) is 8.33. The molecule has 1 heterocycles. The van der Waals surface area contributed by atoms with Crippen LogP contribution in [0.5, 0.6) is 5.75 Å². The zero-order valence-corrected chi connectivity index (χ0v) is 10.7. The molecule has 3 nitrogen and oxygen atoms in total. The van der Waals surface area contributed by atoms with Crippen molar-refractivity contribution in [2.24, 2.45) is 5.73 Å². The number of methoxy groups -OCH3 is 1. The highest BCUT2D eigenvalue weighted by atomic mass is 32.1. The molecule has 0 saturated heterocycles. The van der Waals surface area contributed by atoms with Crippen molar-refractivity contribution in [3.63, 3.8) is 0 Å². The lowest BCUT2D eigenvalue weighted by molar-refractivity contribution is 0.415. The van der Waals surface area contributed by atoms with Gasteiger partial charge in [-0.1, -0.05) is 12.1 Å². The summed E-state index contributed by atoms with van der Waals surface area (Å²) in [6.07, 6.45) is 3.97. The van der Waals surface area contributed by atoms with Crippen LogP contribution in [0.25, 0.3) is 10.6 Å². The van der Waals surface area contributed by atoms with E-state index in [1.807, 2.05) is 30.5 Å². The number of ether oxygens (including phenoxy) is 1. The maximum atomic E-state index is 5.50. The van der Waals surface area contributed by atoms with Crippen molar-refractivity contribution in [3.8, 4) is 16.3 Å². The van der Waals surface area contributed by atoms with E-state index in [4.69, 9.17) is 10.5 Å². The van der Waals surface area contributed by atoms with Crippen LogP contribution in [0.3, 0.4) is 0 Å². The molecule has 0 aliphatic rings. The Kier molecular flexibility index (Phi) is 4.12. The highest BCUT2D eigenvalue weighted by Crippen LogP contribution is 2.28. The van der Waals surface area contributed by atoms with Gasteiger partial charge >= 0.3 is 0 Å². The van der Waals surface area contributed by atoms with Crippen LogP contribution in [0.2, 0.25) is 0 Å².